The molecule has 1 aromatic heterocycles. The fourth-order valence-electron chi connectivity index (χ4n) is 3.42. The second-order valence-electron chi connectivity index (χ2n) is 7.04. The van der Waals surface area contributed by atoms with E-state index in [1.54, 1.807) is 18.2 Å². The van der Waals surface area contributed by atoms with Gasteiger partial charge in [-0.1, -0.05) is 17.7 Å². The number of nitrogens with zero attached hydrogens (tertiary/aromatic N) is 2. The van der Waals surface area contributed by atoms with Gasteiger partial charge in [0, 0.05) is 10.9 Å². The summed E-state index contributed by atoms with van der Waals surface area (Å²) in [4.78, 5) is 43.8. The molecule has 0 spiro atoms. The van der Waals surface area contributed by atoms with Crippen LogP contribution in [-0.4, -0.2) is 22.7 Å². The van der Waals surface area contributed by atoms with Gasteiger partial charge < -0.3 is 5.32 Å². The first-order chi connectivity index (χ1) is 13.8. The van der Waals surface area contributed by atoms with Crippen molar-refractivity contribution in [3.63, 3.8) is 0 Å². The standard InChI is InChI=1S/C22H19N3O3S/c1-12-4-7-19(13(2)8-12)25-21(27)17-6-5-15(9-18(17)22(25)28)20(26)23-10-16-11-29-14(3)24-16/h4-9,11H,10H2,1-3H3,(H,23,26). The van der Waals surface area contributed by atoms with Crippen LogP contribution < -0.4 is 10.2 Å². The molecular weight excluding hydrogens is 386 g/mol. The van der Waals surface area contributed by atoms with Gasteiger partial charge >= 0.3 is 0 Å². The molecule has 3 aromatic rings. The average molecular weight is 405 g/mol. The van der Waals surface area contributed by atoms with E-state index in [9.17, 15) is 14.4 Å². The van der Waals surface area contributed by atoms with E-state index in [4.69, 9.17) is 0 Å². The Labute approximate surface area is 172 Å². The topological polar surface area (TPSA) is 79.4 Å². The minimum absolute atomic E-state index is 0.243. The summed E-state index contributed by atoms with van der Waals surface area (Å²) in [6, 6.07) is 10.2. The van der Waals surface area contributed by atoms with E-state index in [1.165, 1.54) is 22.3 Å². The van der Waals surface area contributed by atoms with E-state index in [1.807, 2.05) is 38.3 Å². The number of rotatable bonds is 4. The SMILES string of the molecule is Cc1ccc(N2C(=O)c3ccc(C(=O)NCc4csc(C)n4)cc3C2=O)c(C)c1. The molecule has 4 rings (SSSR count). The predicted octanol–water partition coefficient (Wildman–Crippen LogP) is 3.80. The molecule has 0 bridgehead atoms. The van der Waals surface area contributed by atoms with E-state index >= 15 is 0 Å². The quantitative estimate of drug-likeness (QED) is 0.670. The Morgan fingerprint density at radius 1 is 1.03 bits per heavy atom. The highest BCUT2D eigenvalue weighted by Gasteiger charge is 2.37. The maximum Gasteiger partial charge on any atom is 0.266 e. The number of benzene rings is 2. The highest BCUT2D eigenvalue weighted by molar-refractivity contribution is 7.09. The zero-order chi connectivity index (χ0) is 20.7. The smallest absolute Gasteiger partial charge is 0.266 e. The molecule has 0 fully saturated rings. The molecule has 1 aliphatic rings. The van der Waals surface area contributed by atoms with Crippen LogP contribution >= 0.6 is 11.3 Å². The van der Waals surface area contributed by atoms with Crippen molar-refractivity contribution in [2.75, 3.05) is 4.90 Å². The first-order valence-electron chi connectivity index (χ1n) is 9.14. The highest BCUT2D eigenvalue weighted by atomic mass is 32.1. The summed E-state index contributed by atoms with van der Waals surface area (Å²) in [6.45, 7) is 6.03. The number of hydrogen-bond donors (Lipinski definition) is 1. The van der Waals surface area contributed by atoms with Crippen LogP contribution in [0, 0.1) is 20.8 Å². The molecule has 0 atom stereocenters. The van der Waals surface area contributed by atoms with Crippen molar-refractivity contribution >= 4 is 34.7 Å². The number of anilines is 1. The minimum Gasteiger partial charge on any atom is -0.346 e. The van der Waals surface area contributed by atoms with Crippen LogP contribution in [-0.2, 0) is 6.54 Å². The van der Waals surface area contributed by atoms with Crippen molar-refractivity contribution in [2.45, 2.75) is 27.3 Å². The van der Waals surface area contributed by atoms with Gasteiger partial charge in [0.15, 0.2) is 0 Å². The van der Waals surface area contributed by atoms with Crippen molar-refractivity contribution in [3.8, 4) is 0 Å². The number of thiazole rings is 1. The molecule has 0 radical (unpaired) electrons. The van der Waals surface area contributed by atoms with E-state index < -0.39 is 5.91 Å². The molecule has 0 aliphatic carbocycles. The summed E-state index contributed by atoms with van der Waals surface area (Å²) >= 11 is 1.52. The number of aryl methyl sites for hydroxylation is 3. The third-order valence-corrected chi connectivity index (χ3v) is 5.66. The summed E-state index contributed by atoms with van der Waals surface area (Å²) < 4.78 is 0. The van der Waals surface area contributed by atoms with Crippen LogP contribution in [0.4, 0.5) is 5.69 Å². The van der Waals surface area contributed by atoms with Crippen molar-refractivity contribution in [2.24, 2.45) is 0 Å². The summed E-state index contributed by atoms with van der Waals surface area (Å²) in [6.07, 6.45) is 0. The fourth-order valence-corrected chi connectivity index (χ4v) is 4.03. The van der Waals surface area contributed by atoms with Gasteiger partial charge in [-0.15, -0.1) is 11.3 Å². The van der Waals surface area contributed by atoms with Gasteiger partial charge in [-0.25, -0.2) is 9.88 Å². The van der Waals surface area contributed by atoms with Crippen molar-refractivity contribution in [3.05, 3.63) is 80.3 Å². The largest absolute Gasteiger partial charge is 0.346 e. The number of imide groups is 1. The third-order valence-electron chi connectivity index (χ3n) is 4.84. The molecule has 0 unspecified atom stereocenters. The van der Waals surface area contributed by atoms with Crippen LogP contribution in [0.25, 0.3) is 0 Å². The predicted molar refractivity (Wildman–Crippen MR) is 112 cm³/mol. The molecule has 7 heteroatoms. The Morgan fingerprint density at radius 3 is 2.48 bits per heavy atom. The molecule has 2 heterocycles. The van der Waals surface area contributed by atoms with Crippen molar-refractivity contribution in [1.82, 2.24) is 10.3 Å². The van der Waals surface area contributed by atoms with Gasteiger partial charge in [0.05, 0.1) is 34.1 Å². The van der Waals surface area contributed by atoms with E-state index in [-0.39, 0.29) is 17.4 Å². The summed E-state index contributed by atoms with van der Waals surface area (Å²) in [5, 5.41) is 5.62. The molecule has 0 saturated heterocycles. The molecular formula is C22H19N3O3S. The lowest BCUT2D eigenvalue weighted by molar-refractivity contribution is 0.0923. The summed E-state index contributed by atoms with van der Waals surface area (Å²) in [5.41, 5.74) is 4.13. The normalized spacial score (nSPS) is 13.0. The van der Waals surface area contributed by atoms with Crippen molar-refractivity contribution < 1.29 is 14.4 Å². The lowest BCUT2D eigenvalue weighted by atomic mass is 10.1. The van der Waals surface area contributed by atoms with Gasteiger partial charge in [0.1, 0.15) is 0 Å². The molecule has 146 valence electrons. The second-order valence-corrected chi connectivity index (χ2v) is 8.10. The Morgan fingerprint density at radius 2 is 1.79 bits per heavy atom. The first-order valence-corrected chi connectivity index (χ1v) is 10.0. The van der Waals surface area contributed by atoms with Crippen molar-refractivity contribution in [1.29, 1.82) is 0 Å². The number of carbonyl (C=O) groups excluding carboxylic acids is 3. The minimum atomic E-state index is -0.415. The lowest BCUT2D eigenvalue weighted by Gasteiger charge is -2.16. The lowest BCUT2D eigenvalue weighted by Crippen LogP contribution is -2.30. The molecule has 1 N–H and O–H groups in total. The van der Waals surface area contributed by atoms with Crippen LogP contribution in [0.5, 0.6) is 0 Å². The second kappa shape index (κ2) is 7.25. The van der Waals surface area contributed by atoms with E-state index in [2.05, 4.69) is 10.3 Å². The zero-order valence-electron chi connectivity index (χ0n) is 16.3. The first kappa shape index (κ1) is 19.0. The summed E-state index contributed by atoms with van der Waals surface area (Å²) in [5.74, 6) is -1.10. The summed E-state index contributed by atoms with van der Waals surface area (Å²) in [7, 11) is 0. The molecule has 3 amide bonds. The molecule has 0 saturated carbocycles. The highest BCUT2D eigenvalue weighted by Crippen LogP contribution is 2.31. The number of aromatic nitrogens is 1. The molecule has 29 heavy (non-hydrogen) atoms. The van der Waals surface area contributed by atoms with Crippen LogP contribution in [0.15, 0.2) is 41.8 Å². The number of amides is 3. The average Bonchev–Trinajstić information content (AvgIpc) is 3.21. The number of nitrogens with one attached hydrogen (secondary N) is 1. The van der Waals surface area contributed by atoms with Crippen LogP contribution in [0.3, 0.4) is 0 Å². The third kappa shape index (κ3) is 3.45. The Hall–Kier alpha value is -3.32. The van der Waals surface area contributed by atoms with Crippen LogP contribution in [0.1, 0.15) is 52.9 Å². The van der Waals surface area contributed by atoms with E-state index in [0.717, 1.165) is 21.8 Å². The Kier molecular flexibility index (Phi) is 4.76. The maximum absolute atomic E-state index is 13.0. The Balaban J connectivity index is 1.58. The fraction of sp³-hybridized carbons (Fsp3) is 0.182. The number of hydrogen-bond acceptors (Lipinski definition) is 5. The molecule has 2 aromatic carbocycles. The van der Waals surface area contributed by atoms with Gasteiger partial charge in [-0.05, 0) is 50.6 Å². The Bertz CT molecular complexity index is 1170. The number of carbonyl (C=O) groups is 3. The van der Waals surface area contributed by atoms with Gasteiger partial charge in [-0.2, -0.15) is 0 Å². The van der Waals surface area contributed by atoms with Gasteiger partial charge in [-0.3, -0.25) is 14.4 Å². The van der Waals surface area contributed by atoms with Gasteiger partial charge in [0.25, 0.3) is 17.7 Å². The van der Waals surface area contributed by atoms with Gasteiger partial charge in [0.2, 0.25) is 0 Å². The number of fused-ring (bicyclic) bond motifs is 1. The van der Waals surface area contributed by atoms with E-state index in [0.29, 0.717) is 23.4 Å². The molecule has 1 aliphatic heterocycles. The maximum atomic E-state index is 13.0. The molecule has 6 nitrogen and oxygen atoms in total. The monoisotopic (exact) mass is 405 g/mol. The van der Waals surface area contributed by atoms with Crippen LogP contribution in [0.2, 0.25) is 0 Å². The zero-order valence-corrected chi connectivity index (χ0v) is 17.1.